The van der Waals surface area contributed by atoms with Crippen LogP contribution in [0.5, 0.6) is 0 Å². The molecule has 1 saturated carbocycles. The molecule has 1 fully saturated rings. The number of fused-ring (bicyclic) bond motifs is 1. The van der Waals surface area contributed by atoms with Crippen molar-refractivity contribution in [2.24, 2.45) is 11.8 Å². The minimum absolute atomic E-state index is 0.388. The number of alkyl halides is 3. The summed E-state index contributed by atoms with van der Waals surface area (Å²) in [6.07, 6.45) is -2.68. The Bertz CT molecular complexity index is 464. The number of halogens is 3. The summed E-state index contributed by atoms with van der Waals surface area (Å²) in [5, 5.41) is 3.07. The number of nitrogens with one attached hydrogen (secondary N) is 1. The summed E-state index contributed by atoms with van der Waals surface area (Å²) in [5.41, 5.74) is 1.35. The molecule has 0 amide bonds. The number of hydrogen-bond acceptors (Lipinski definition) is 2. The van der Waals surface area contributed by atoms with Gasteiger partial charge in [-0.05, 0) is 18.3 Å². The highest BCUT2D eigenvalue weighted by molar-refractivity contribution is 5.22. The van der Waals surface area contributed by atoms with E-state index in [2.05, 4.69) is 17.2 Å². The molecule has 18 heavy (non-hydrogen) atoms. The second kappa shape index (κ2) is 3.98. The van der Waals surface area contributed by atoms with Crippen LogP contribution in [-0.2, 0) is 25.7 Å². The molecule has 1 aliphatic heterocycles. The number of hydrogen-bond donors (Lipinski definition) is 1. The Kier molecular flexibility index (Phi) is 2.66. The monoisotopic (exact) mass is 259 g/mol. The van der Waals surface area contributed by atoms with Crippen molar-refractivity contribution in [2.45, 2.75) is 39.0 Å². The average Bonchev–Trinajstić information content (AvgIpc) is 2.86. The molecule has 0 radical (unpaired) electrons. The standard InChI is InChI=1S/C12H16F3N3/c1-7-4-8(7)6-18-10-2-3-16-5-9(10)17-11(18)12(13,14)15/h7-8,16H,2-6H2,1H3. The maximum atomic E-state index is 13.0. The Labute approximate surface area is 103 Å². The Balaban J connectivity index is 1.99. The van der Waals surface area contributed by atoms with Gasteiger partial charge in [-0.2, -0.15) is 13.2 Å². The molecule has 1 aliphatic carbocycles. The zero-order valence-corrected chi connectivity index (χ0v) is 10.2. The van der Waals surface area contributed by atoms with Gasteiger partial charge >= 0.3 is 6.18 Å². The lowest BCUT2D eigenvalue weighted by atomic mass is 10.2. The fraction of sp³-hybridized carbons (Fsp3) is 0.750. The van der Waals surface area contributed by atoms with Crippen LogP contribution >= 0.6 is 0 Å². The number of nitrogens with zero attached hydrogens (tertiary/aromatic N) is 2. The molecule has 2 unspecified atom stereocenters. The first-order valence-electron chi connectivity index (χ1n) is 6.33. The molecule has 3 rings (SSSR count). The molecule has 100 valence electrons. The Morgan fingerprint density at radius 2 is 2.17 bits per heavy atom. The third-order valence-electron chi connectivity index (χ3n) is 3.93. The van der Waals surface area contributed by atoms with Gasteiger partial charge in [-0.1, -0.05) is 6.92 Å². The summed E-state index contributed by atoms with van der Waals surface area (Å²) in [6.45, 7) is 3.74. The van der Waals surface area contributed by atoms with Crippen molar-refractivity contribution in [3.63, 3.8) is 0 Å². The minimum Gasteiger partial charge on any atom is -0.324 e. The molecule has 0 aromatic carbocycles. The summed E-state index contributed by atoms with van der Waals surface area (Å²) >= 11 is 0. The summed E-state index contributed by atoms with van der Waals surface area (Å²) in [7, 11) is 0. The zero-order chi connectivity index (χ0) is 12.9. The van der Waals surface area contributed by atoms with Gasteiger partial charge in [-0.25, -0.2) is 4.98 Å². The topological polar surface area (TPSA) is 29.9 Å². The predicted molar refractivity (Wildman–Crippen MR) is 59.9 cm³/mol. The van der Waals surface area contributed by atoms with E-state index < -0.39 is 12.0 Å². The van der Waals surface area contributed by atoms with Gasteiger partial charge in [-0.3, -0.25) is 0 Å². The summed E-state index contributed by atoms with van der Waals surface area (Å²) in [4.78, 5) is 3.80. The van der Waals surface area contributed by atoms with Gasteiger partial charge in [0.25, 0.3) is 0 Å². The van der Waals surface area contributed by atoms with Crippen LogP contribution in [0, 0.1) is 11.8 Å². The molecule has 0 saturated heterocycles. The molecule has 6 heteroatoms. The molecule has 1 aromatic heterocycles. The number of aromatic nitrogens is 2. The van der Waals surface area contributed by atoms with Crippen molar-refractivity contribution in [2.75, 3.05) is 6.54 Å². The highest BCUT2D eigenvalue weighted by Crippen LogP contribution is 2.41. The lowest BCUT2D eigenvalue weighted by Crippen LogP contribution is -2.25. The quantitative estimate of drug-likeness (QED) is 0.882. The lowest BCUT2D eigenvalue weighted by Gasteiger charge is -2.16. The smallest absolute Gasteiger partial charge is 0.324 e. The molecular weight excluding hydrogens is 243 g/mol. The van der Waals surface area contributed by atoms with E-state index in [4.69, 9.17) is 0 Å². The van der Waals surface area contributed by atoms with E-state index in [9.17, 15) is 13.2 Å². The van der Waals surface area contributed by atoms with Crippen molar-refractivity contribution in [3.05, 3.63) is 17.2 Å². The number of imidazole rings is 1. The van der Waals surface area contributed by atoms with Crippen LogP contribution in [-0.4, -0.2) is 16.1 Å². The molecular formula is C12H16F3N3. The highest BCUT2D eigenvalue weighted by atomic mass is 19.4. The van der Waals surface area contributed by atoms with Gasteiger partial charge in [0.15, 0.2) is 0 Å². The van der Waals surface area contributed by atoms with E-state index in [1.165, 1.54) is 4.57 Å². The first kappa shape index (κ1) is 12.0. The van der Waals surface area contributed by atoms with E-state index in [-0.39, 0.29) is 0 Å². The largest absolute Gasteiger partial charge is 0.449 e. The third kappa shape index (κ3) is 2.02. The van der Waals surface area contributed by atoms with Crippen LogP contribution in [0.15, 0.2) is 0 Å². The molecule has 1 aromatic rings. The van der Waals surface area contributed by atoms with Gasteiger partial charge in [0.2, 0.25) is 5.82 Å². The normalized spacial score (nSPS) is 27.1. The van der Waals surface area contributed by atoms with Crippen molar-refractivity contribution in [3.8, 4) is 0 Å². The molecule has 0 bridgehead atoms. The van der Waals surface area contributed by atoms with Crippen molar-refractivity contribution >= 4 is 0 Å². The molecule has 2 atom stereocenters. The van der Waals surface area contributed by atoms with E-state index in [1.54, 1.807) is 0 Å². The first-order valence-corrected chi connectivity index (χ1v) is 6.33. The molecule has 3 nitrogen and oxygen atoms in total. The fourth-order valence-electron chi connectivity index (χ4n) is 2.67. The molecule has 2 heterocycles. The van der Waals surface area contributed by atoms with Crippen LogP contribution in [0.3, 0.4) is 0 Å². The van der Waals surface area contributed by atoms with Crippen LogP contribution in [0.2, 0.25) is 0 Å². The van der Waals surface area contributed by atoms with Crippen molar-refractivity contribution < 1.29 is 13.2 Å². The lowest BCUT2D eigenvalue weighted by molar-refractivity contribution is -0.147. The summed E-state index contributed by atoms with van der Waals surface area (Å²) in [5.74, 6) is 0.223. The van der Waals surface area contributed by atoms with Crippen molar-refractivity contribution in [1.82, 2.24) is 14.9 Å². The summed E-state index contributed by atoms with van der Waals surface area (Å²) in [6, 6.07) is 0. The van der Waals surface area contributed by atoms with Gasteiger partial charge < -0.3 is 9.88 Å². The maximum Gasteiger partial charge on any atom is 0.449 e. The van der Waals surface area contributed by atoms with Crippen LogP contribution in [0.1, 0.15) is 30.6 Å². The van der Waals surface area contributed by atoms with Crippen molar-refractivity contribution in [1.29, 1.82) is 0 Å². The average molecular weight is 259 g/mol. The third-order valence-corrected chi connectivity index (χ3v) is 3.93. The second-order valence-corrected chi connectivity index (χ2v) is 5.34. The van der Waals surface area contributed by atoms with Crippen LogP contribution in [0.4, 0.5) is 13.2 Å². The Morgan fingerprint density at radius 3 is 2.78 bits per heavy atom. The second-order valence-electron chi connectivity index (χ2n) is 5.34. The Hall–Kier alpha value is -1.04. The molecule has 0 spiro atoms. The van der Waals surface area contributed by atoms with Gasteiger partial charge in [0.1, 0.15) is 0 Å². The summed E-state index contributed by atoms with van der Waals surface area (Å²) < 4.78 is 40.4. The van der Waals surface area contributed by atoms with Crippen LogP contribution in [0.25, 0.3) is 0 Å². The van der Waals surface area contributed by atoms with Crippen LogP contribution < -0.4 is 5.32 Å². The minimum atomic E-state index is -4.35. The van der Waals surface area contributed by atoms with Gasteiger partial charge in [-0.15, -0.1) is 0 Å². The zero-order valence-electron chi connectivity index (χ0n) is 10.2. The van der Waals surface area contributed by atoms with Gasteiger partial charge in [0, 0.05) is 31.7 Å². The predicted octanol–water partition coefficient (Wildman–Crippen LogP) is 2.20. The number of rotatable bonds is 2. The van der Waals surface area contributed by atoms with E-state index >= 15 is 0 Å². The van der Waals surface area contributed by atoms with E-state index in [0.29, 0.717) is 37.0 Å². The molecule has 1 N–H and O–H groups in total. The highest BCUT2D eigenvalue weighted by Gasteiger charge is 2.41. The SMILES string of the molecule is CC1CC1Cn1c(C(F)(F)F)nc2c1CCNC2. The fourth-order valence-corrected chi connectivity index (χ4v) is 2.67. The van der Waals surface area contributed by atoms with Gasteiger partial charge in [0.05, 0.1) is 5.69 Å². The van der Waals surface area contributed by atoms with E-state index in [1.807, 2.05) is 0 Å². The maximum absolute atomic E-state index is 13.0. The van der Waals surface area contributed by atoms with E-state index in [0.717, 1.165) is 18.7 Å². The Morgan fingerprint density at radius 1 is 1.44 bits per heavy atom. The molecule has 2 aliphatic rings. The first-order chi connectivity index (χ1) is 8.47.